The molecular weight excluding hydrogens is 326 g/mol. The van der Waals surface area contributed by atoms with Gasteiger partial charge in [0.1, 0.15) is 5.65 Å². The van der Waals surface area contributed by atoms with E-state index < -0.39 is 5.97 Å². The number of hydrogen-bond acceptors (Lipinski definition) is 4. The number of cyclic esters (lactones) is 1. The SMILES string of the molecule is Cc1ccccc1C1=N/C(=C/c2cn3cc(Cl)ccc3n2)C(=O)O1. The molecule has 0 aliphatic carbocycles. The topological polar surface area (TPSA) is 56.0 Å². The monoisotopic (exact) mass is 337 g/mol. The van der Waals surface area contributed by atoms with Gasteiger partial charge >= 0.3 is 5.97 Å². The Hall–Kier alpha value is -2.92. The summed E-state index contributed by atoms with van der Waals surface area (Å²) >= 11 is 5.96. The number of nitrogens with zero attached hydrogens (tertiary/aromatic N) is 3. The molecule has 6 heteroatoms. The molecule has 0 amide bonds. The number of pyridine rings is 1. The number of benzene rings is 1. The van der Waals surface area contributed by atoms with Gasteiger partial charge in [-0.1, -0.05) is 29.8 Å². The quantitative estimate of drug-likeness (QED) is 0.530. The Morgan fingerprint density at radius 3 is 2.83 bits per heavy atom. The second-order valence-corrected chi connectivity index (χ2v) is 5.87. The van der Waals surface area contributed by atoms with E-state index in [1.165, 1.54) is 0 Å². The van der Waals surface area contributed by atoms with E-state index in [1.54, 1.807) is 35.0 Å². The van der Waals surface area contributed by atoms with Crippen LogP contribution < -0.4 is 0 Å². The molecule has 0 radical (unpaired) electrons. The second-order valence-electron chi connectivity index (χ2n) is 5.43. The van der Waals surface area contributed by atoms with E-state index in [9.17, 15) is 4.79 Å². The predicted octanol–water partition coefficient (Wildman–Crippen LogP) is 3.64. The smallest absolute Gasteiger partial charge is 0.363 e. The van der Waals surface area contributed by atoms with Gasteiger partial charge in [0.05, 0.1) is 10.7 Å². The van der Waals surface area contributed by atoms with E-state index in [1.807, 2.05) is 31.2 Å². The van der Waals surface area contributed by atoms with E-state index in [0.29, 0.717) is 16.6 Å². The first-order valence-corrected chi connectivity index (χ1v) is 7.71. The van der Waals surface area contributed by atoms with Crippen LogP contribution in [0.5, 0.6) is 0 Å². The fourth-order valence-electron chi connectivity index (χ4n) is 2.53. The van der Waals surface area contributed by atoms with Crippen molar-refractivity contribution in [3.8, 4) is 0 Å². The molecule has 24 heavy (non-hydrogen) atoms. The van der Waals surface area contributed by atoms with Gasteiger partial charge in [-0.05, 0) is 36.8 Å². The maximum absolute atomic E-state index is 12.1. The molecule has 1 aliphatic rings. The van der Waals surface area contributed by atoms with Gasteiger partial charge in [0.15, 0.2) is 5.70 Å². The third-order valence-corrected chi connectivity index (χ3v) is 3.94. The van der Waals surface area contributed by atoms with Gasteiger partial charge < -0.3 is 9.14 Å². The predicted molar refractivity (Wildman–Crippen MR) is 92.0 cm³/mol. The maximum atomic E-state index is 12.1. The first-order valence-electron chi connectivity index (χ1n) is 7.33. The Kier molecular flexibility index (Phi) is 3.43. The highest BCUT2D eigenvalue weighted by molar-refractivity contribution is 6.30. The van der Waals surface area contributed by atoms with Crippen LogP contribution in [0, 0.1) is 6.92 Å². The molecule has 0 spiro atoms. The molecule has 2 aromatic heterocycles. The summed E-state index contributed by atoms with van der Waals surface area (Å²) in [5.74, 6) is -0.167. The number of ether oxygens (including phenoxy) is 1. The van der Waals surface area contributed by atoms with Gasteiger partial charge in [-0.15, -0.1) is 0 Å². The number of fused-ring (bicyclic) bond motifs is 1. The van der Waals surface area contributed by atoms with Crippen molar-refractivity contribution < 1.29 is 9.53 Å². The van der Waals surface area contributed by atoms with Crippen molar-refractivity contribution in [2.75, 3.05) is 0 Å². The summed E-state index contributed by atoms with van der Waals surface area (Å²) in [7, 11) is 0. The third kappa shape index (κ3) is 2.59. The average Bonchev–Trinajstić information content (AvgIpc) is 3.11. The minimum Gasteiger partial charge on any atom is -0.402 e. The third-order valence-electron chi connectivity index (χ3n) is 3.71. The summed E-state index contributed by atoms with van der Waals surface area (Å²) < 4.78 is 7.09. The number of aryl methyl sites for hydroxylation is 1. The van der Waals surface area contributed by atoms with Crippen LogP contribution in [-0.2, 0) is 9.53 Å². The Labute approximate surface area is 142 Å². The number of hydrogen-bond donors (Lipinski definition) is 0. The minimum absolute atomic E-state index is 0.225. The van der Waals surface area contributed by atoms with Crippen molar-refractivity contribution in [2.45, 2.75) is 6.92 Å². The van der Waals surface area contributed by atoms with Crippen molar-refractivity contribution in [1.29, 1.82) is 0 Å². The van der Waals surface area contributed by atoms with Crippen LogP contribution in [0.1, 0.15) is 16.8 Å². The number of halogens is 1. The number of carbonyl (C=O) groups is 1. The van der Waals surface area contributed by atoms with E-state index >= 15 is 0 Å². The summed E-state index contributed by atoms with van der Waals surface area (Å²) in [6.45, 7) is 1.94. The van der Waals surface area contributed by atoms with Gasteiger partial charge in [-0.25, -0.2) is 14.8 Å². The molecule has 5 nitrogen and oxygen atoms in total. The molecule has 3 aromatic rings. The number of rotatable bonds is 2. The number of esters is 1. The number of aromatic nitrogens is 2. The first kappa shape index (κ1) is 14.7. The van der Waals surface area contributed by atoms with Gasteiger partial charge in [0.2, 0.25) is 5.90 Å². The van der Waals surface area contributed by atoms with Crippen LogP contribution in [0.2, 0.25) is 5.02 Å². The van der Waals surface area contributed by atoms with E-state index in [0.717, 1.165) is 16.8 Å². The van der Waals surface area contributed by atoms with Crippen LogP contribution in [-0.4, -0.2) is 21.3 Å². The Morgan fingerprint density at radius 2 is 2.00 bits per heavy atom. The van der Waals surface area contributed by atoms with Crippen LogP contribution in [0.3, 0.4) is 0 Å². The molecule has 3 heterocycles. The molecule has 0 fully saturated rings. The van der Waals surface area contributed by atoms with Crippen molar-refractivity contribution in [1.82, 2.24) is 9.38 Å². The molecule has 1 aromatic carbocycles. The fourth-order valence-corrected chi connectivity index (χ4v) is 2.70. The zero-order valence-electron chi connectivity index (χ0n) is 12.7. The zero-order chi connectivity index (χ0) is 16.7. The first-order chi connectivity index (χ1) is 11.6. The van der Waals surface area contributed by atoms with Gasteiger partial charge in [0.25, 0.3) is 0 Å². The summed E-state index contributed by atoms with van der Waals surface area (Å²) in [5.41, 5.74) is 3.37. The average molecular weight is 338 g/mol. The van der Waals surface area contributed by atoms with E-state index in [2.05, 4.69) is 9.98 Å². The van der Waals surface area contributed by atoms with Gasteiger partial charge in [0, 0.05) is 18.0 Å². The van der Waals surface area contributed by atoms with E-state index in [-0.39, 0.29) is 5.70 Å². The summed E-state index contributed by atoms with van der Waals surface area (Å²) in [6.07, 6.45) is 5.14. The van der Waals surface area contributed by atoms with Crippen molar-refractivity contribution in [3.05, 3.63) is 76.3 Å². The van der Waals surface area contributed by atoms with Gasteiger partial charge in [-0.3, -0.25) is 0 Å². The number of aliphatic imine (C=N–C) groups is 1. The molecule has 1 aliphatic heterocycles. The molecule has 0 bridgehead atoms. The lowest BCUT2D eigenvalue weighted by Gasteiger charge is -2.02. The highest BCUT2D eigenvalue weighted by Gasteiger charge is 2.25. The number of imidazole rings is 1. The lowest BCUT2D eigenvalue weighted by Crippen LogP contribution is -2.06. The van der Waals surface area contributed by atoms with Crippen molar-refractivity contribution in [3.63, 3.8) is 0 Å². The highest BCUT2D eigenvalue weighted by Crippen LogP contribution is 2.21. The molecule has 0 saturated carbocycles. The lowest BCUT2D eigenvalue weighted by molar-refractivity contribution is -0.129. The van der Waals surface area contributed by atoms with Crippen LogP contribution in [0.4, 0.5) is 0 Å². The van der Waals surface area contributed by atoms with E-state index in [4.69, 9.17) is 16.3 Å². The van der Waals surface area contributed by atoms with Gasteiger partial charge in [-0.2, -0.15) is 0 Å². The standard InChI is InChI=1S/C18H12ClN3O2/c1-11-4-2-3-5-14(11)17-21-15(18(23)24-17)8-13-10-22-9-12(19)6-7-16(22)20-13/h2-10H,1H3/b15-8+. The van der Waals surface area contributed by atoms with Crippen LogP contribution >= 0.6 is 11.6 Å². The maximum Gasteiger partial charge on any atom is 0.363 e. The second kappa shape index (κ2) is 5.62. The Balaban J connectivity index is 1.73. The number of carbonyl (C=O) groups excluding carboxylic acids is 1. The normalized spacial score (nSPS) is 15.8. The Bertz CT molecular complexity index is 1030. The fraction of sp³-hybridized carbons (Fsp3) is 0.0556. The van der Waals surface area contributed by atoms with Crippen molar-refractivity contribution in [2.24, 2.45) is 4.99 Å². The minimum atomic E-state index is -0.483. The molecule has 118 valence electrons. The summed E-state index contributed by atoms with van der Waals surface area (Å²) in [6, 6.07) is 11.2. The molecule has 0 N–H and O–H groups in total. The molecular formula is C18H12ClN3O2. The molecule has 0 saturated heterocycles. The summed E-state index contributed by atoms with van der Waals surface area (Å²) in [5, 5.41) is 0.610. The Morgan fingerprint density at radius 1 is 1.17 bits per heavy atom. The highest BCUT2D eigenvalue weighted by atomic mass is 35.5. The van der Waals surface area contributed by atoms with Crippen molar-refractivity contribution >= 4 is 35.2 Å². The zero-order valence-corrected chi connectivity index (χ0v) is 13.5. The summed E-state index contributed by atoms with van der Waals surface area (Å²) in [4.78, 5) is 20.8. The molecule has 4 rings (SSSR count). The molecule has 0 atom stereocenters. The van der Waals surface area contributed by atoms with Crippen LogP contribution in [0.25, 0.3) is 11.7 Å². The van der Waals surface area contributed by atoms with Crippen LogP contribution in [0.15, 0.2) is 59.5 Å². The largest absolute Gasteiger partial charge is 0.402 e. The molecule has 0 unspecified atom stereocenters. The lowest BCUT2D eigenvalue weighted by atomic mass is 10.1.